The van der Waals surface area contributed by atoms with Crippen LogP contribution in [0, 0.1) is 19.9 Å². The van der Waals surface area contributed by atoms with Gasteiger partial charge in [0, 0.05) is 17.1 Å². The molecule has 123 valence electrons. The van der Waals surface area contributed by atoms with Crippen molar-refractivity contribution in [2.24, 2.45) is 0 Å². The topological polar surface area (TPSA) is 25.0 Å². The summed E-state index contributed by atoms with van der Waals surface area (Å²) >= 11 is 0. The van der Waals surface area contributed by atoms with Crippen molar-refractivity contribution in [2.75, 3.05) is 0 Å². The minimum atomic E-state index is 0.692. The zero-order chi connectivity index (χ0) is 16.5. The molecule has 1 aromatic heterocycles. The predicted molar refractivity (Wildman–Crippen MR) is 99.0 cm³/mol. The molecule has 24 heavy (non-hydrogen) atoms. The van der Waals surface area contributed by atoms with Crippen LogP contribution in [0.5, 0.6) is 11.5 Å². The fourth-order valence-corrected chi connectivity index (χ4v) is 3.95. The number of benzene rings is 2. The molecule has 1 fully saturated rings. The third kappa shape index (κ3) is 2.82. The van der Waals surface area contributed by atoms with Gasteiger partial charge in [0.1, 0.15) is 11.5 Å². The highest BCUT2D eigenvalue weighted by molar-refractivity contribution is 5.85. The van der Waals surface area contributed by atoms with Gasteiger partial charge in [-0.3, -0.25) is 0 Å². The maximum absolute atomic E-state index is 6.23. The monoisotopic (exact) mass is 318 g/mol. The molecule has 4 rings (SSSR count). The van der Waals surface area contributed by atoms with Crippen LogP contribution in [0.2, 0.25) is 0 Å². The number of aromatic nitrogens is 1. The molecule has 0 aliphatic heterocycles. The predicted octanol–water partition coefficient (Wildman–Crippen LogP) is 6.42. The molecule has 1 N–H and O–H groups in total. The van der Waals surface area contributed by atoms with Crippen LogP contribution < -0.4 is 4.74 Å². The second-order valence-electron chi connectivity index (χ2n) is 7.04. The molecule has 1 radical (unpaired) electrons. The van der Waals surface area contributed by atoms with Gasteiger partial charge in [-0.25, -0.2) is 0 Å². The number of aryl methyl sites for hydroxylation is 2. The van der Waals surface area contributed by atoms with Gasteiger partial charge in [0.25, 0.3) is 0 Å². The number of rotatable bonds is 3. The first kappa shape index (κ1) is 15.3. The molecule has 1 heterocycles. The first-order valence-electron chi connectivity index (χ1n) is 8.98. The lowest BCUT2D eigenvalue weighted by Crippen LogP contribution is -2.03. The van der Waals surface area contributed by atoms with Crippen molar-refractivity contribution in [1.29, 1.82) is 0 Å². The van der Waals surface area contributed by atoms with Crippen molar-refractivity contribution in [2.45, 2.75) is 51.9 Å². The van der Waals surface area contributed by atoms with Gasteiger partial charge >= 0.3 is 0 Å². The van der Waals surface area contributed by atoms with Crippen molar-refractivity contribution in [1.82, 2.24) is 4.98 Å². The molecular formula is C22H24NO. The highest BCUT2D eigenvalue weighted by Gasteiger charge is 2.19. The lowest BCUT2D eigenvalue weighted by atomic mass is 9.84. The molecule has 0 spiro atoms. The molecular weight excluding hydrogens is 294 g/mol. The second kappa shape index (κ2) is 6.35. The average molecular weight is 318 g/mol. The van der Waals surface area contributed by atoms with E-state index in [-0.39, 0.29) is 0 Å². The van der Waals surface area contributed by atoms with E-state index in [1.807, 2.05) is 12.1 Å². The highest BCUT2D eigenvalue weighted by Crippen LogP contribution is 2.38. The Kier molecular flexibility index (Phi) is 4.05. The largest absolute Gasteiger partial charge is 0.457 e. The number of fused-ring (bicyclic) bond motifs is 1. The summed E-state index contributed by atoms with van der Waals surface area (Å²) in [7, 11) is 0. The van der Waals surface area contributed by atoms with Crippen LogP contribution >= 0.6 is 0 Å². The van der Waals surface area contributed by atoms with Crippen LogP contribution in [-0.2, 0) is 0 Å². The van der Waals surface area contributed by atoms with Gasteiger partial charge < -0.3 is 9.72 Å². The standard InChI is InChI=1S/C22H24NO/c1-15-7-6-8-16(2)22(15)24-18-11-12-21-19(13-18)20(14-23-21)17-9-4-3-5-10-17/h7-8,11-14,17,23H,3-5,9-10H2,1-2H3. The Morgan fingerprint density at radius 2 is 1.79 bits per heavy atom. The van der Waals surface area contributed by atoms with Gasteiger partial charge in [-0.1, -0.05) is 19.3 Å². The molecule has 0 unspecified atom stereocenters. The van der Waals surface area contributed by atoms with Crippen molar-refractivity contribution in [3.8, 4) is 11.5 Å². The number of H-pyrrole nitrogens is 1. The fraction of sp³-hybridized carbons (Fsp3) is 0.364. The van der Waals surface area contributed by atoms with E-state index >= 15 is 0 Å². The molecule has 0 saturated heterocycles. The zero-order valence-electron chi connectivity index (χ0n) is 14.5. The molecule has 3 aromatic rings. The SMILES string of the molecule is Cc1c[c]cc(C)c1Oc1ccc2[nH]cc(C3CCCCC3)c2c1. The van der Waals surface area contributed by atoms with Crippen molar-refractivity contribution in [3.05, 3.63) is 59.3 Å². The maximum atomic E-state index is 6.23. The number of aromatic amines is 1. The lowest BCUT2D eigenvalue weighted by molar-refractivity contribution is 0.445. The minimum Gasteiger partial charge on any atom is -0.457 e. The summed E-state index contributed by atoms with van der Waals surface area (Å²) in [6.45, 7) is 4.14. The van der Waals surface area contributed by atoms with Gasteiger partial charge in [0.2, 0.25) is 0 Å². The zero-order valence-corrected chi connectivity index (χ0v) is 14.5. The Balaban J connectivity index is 1.69. The first-order chi connectivity index (χ1) is 11.7. The van der Waals surface area contributed by atoms with E-state index < -0.39 is 0 Å². The van der Waals surface area contributed by atoms with E-state index in [4.69, 9.17) is 4.74 Å². The summed E-state index contributed by atoms with van der Waals surface area (Å²) in [5.74, 6) is 2.55. The Bertz CT molecular complexity index is 835. The molecule has 1 aliphatic rings. The van der Waals surface area contributed by atoms with Crippen molar-refractivity contribution >= 4 is 10.9 Å². The summed E-state index contributed by atoms with van der Waals surface area (Å²) in [6, 6.07) is 13.5. The van der Waals surface area contributed by atoms with E-state index in [1.165, 1.54) is 48.6 Å². The van der Waals surface area contributed by atoms with Crippen LogP contribution in [0.15, 0.2) is 36.5 Å². The molecule has 2 heteroatoms. The number of hydrogen-bond donors (Lipinski definition) is 1. The van der Waals surface area contributed by atoms with E-state index in [0.717, 1.165) is 22.6 Å². The van der Waals surface area contributed by atoms with Gasteiger partial charge in [-0.15, -0.1) is 0 Å². The van der Waals surface area contributed by atoms with E-state index in [9.17, 15) is 0 Å². The third-order valence-electron chi connectivity index (χ3n) is 5.27. The molecule has 0 bridgehead atoms. The molecule has 0 amide bonds. The molecule has 2 nitrogen and oxygen atoms in total. The van der Waals surface area contributed by atoms with Crippen LogP contribution in [0.1, 0.15) is 54.7 Å². The van der Waals surface area contributed by atoms with Gasteiger partial charge in [-0.2, -0.15) is 0 Å². The quantitative estimate of drug-likeness (QED) is 0.592. The second-order valence-corrected chi connectivity index (χ2v) is 7.04. The maximum Gasteiger partial charge on any atom is 0.133 e. The van der Waals surface area contributed by atoms with E-state index in [2.05, 4.69) is 49.3 Å². The minimum absolute atomic E-state index is 0.692. The first-order valence-corrected chi connectivity index (χ1v) is 8.98. The molecule has 2 aromatic carbocycles. The van der Waals surface area contributed by atoms with Gasteiger partial charge in [0.05, 0.1) is 0 Å². The average Bonchev–Trinajstić information content (AvgIpc) is 3.02. The normalized spacial score (nSPS) is 15.8. The summed E-state index contributed by atoms with van der Waals surface area (Å²) in [5.41, 5.74) is 4.91. The number of ether oxygens (including phenoxy) is 1. The Labute approximate surface area is 143 Å². The summed E-state index contributed by atoms with van der Waals surface area (Å²) in [5, 5.41) is 1.32. The van der Waals surface area contributed by atoms with Crippen LogP contribution in [0.25, 0.3) is 10.9 Å². The van der Waals surface area contributed by atoms with Crippen LogP contribution in [0.4, 0.5) is 0 Å². The highest BCUT2D eigenvalue weighted by atomic mass is 16.5. The van der Waals surface area contributed by atoms with E-state index in [1.54, 1.807) is 0 Å². The Hall–Kier alpha value is -2.22. The smallest absolute Gasteiger partial charge is 0.133 e. The summed E-state index contributed by atoms with van der Waals surface area (Å²) < 4.78 is 6.23. The number of nitrogens with one attached hydrogen (secondary N) is 1. The lowest BCUT2D eigenvalue weighted by Gasteiger charge is -2.21. The summed E-state index contributed by atoms with van der Waals surface area (Å²) in [4.78, 5) is 3.44. The third-order valence-corrected chi connectivity index (χ3v) is 5.27. The summed E-state index contributed by atoms with van der Waals surface area (Å²) in [6.07, 6.45) is 8.92. The van der Waals surface area contributed by atoms with Crippen molar-refractivity contribution < 1.29 is 4.74 Å². The van der Waals surface area contributed by atoms with E-state index in [0.29, 0.717) is 5.92 Å². The van der Waals surface area contributed by atoms with Crippen LogP contribution in [-0.4, -0.2) is 4.98 Å². The number of hydrogen-bond acceptors (Lipinski definition) is 1. The van der Waals surface area contributed by atoms with Gasteiger partial charge in [0.15, 0.2) is 0 Å². The van der Waals surface area contributed by atoms with Crippen LogP contribution in [0.3, 0.4) is 0 Å². The van der Waals surface area contributed by atoms with Crippen molar-refractivity contribution in [3.63, 3.8) is 0 Å². The Morgan fingerprint density at radius 1 is 1.04 bits per heavy atom. The molecule has 1 aliphatic carbocycles. The van der Waals surface area contributed by atoms with Gasteiger partial charge in [-0.05, 0) is 85.7 Å². The Morgan fingerprint density at radius 3 is 2.54 bits per heavy atom. The molecule has 1 saturated carbocycles. The molecule has 0 atom stereocenters. The fourth-order valence-electron chi connectivity index (χ4n) is 3.95.